The van der Waals surface area contributed by atoms with E-state index in [1.807, 2.05) is 36.1 Å². The lowest BCUT2D eigenvalue weighted by molar-refractivity contribution is 0.233. The average molecular weight is 284 g/mol. The number of rotatable bonds is 4. The van der Waals surface area contributed by atoms with Crippen LogP contribution in [0.2, 0.25) is 0 Å². The van der Waals surface area contributed by atoms with Crippen molar-refractivity contribution in [2.24, 2.45) is 11.8 Å². The van der Waals surface area contributed by atoms with Crippen LogP contribution in [0.3, 0.4) is 0 Å². The molecule has 0 saturated heterocycles. The zero-order valence-electron chi connectivity index (χ0n) is 12.9. The van der Waals surface area contributed by atoms with Crippen molar-refractivity contribution in [1.29, 1.82) is 0 Å². The van der Waals surface area contributed by atoms with Gasteiger partial charge >= 0.3 is 0 Å². The Morgan fingerprint density at radius 1 is 1.14 bits per heavy atom. The molecule has 1 N–H and O–H groups in total. The summed E-state index contributed by atoms with van der Waals surface area (Å²) >= 11 is 0. The highest BCUT2D eigenvalue weighted by Crippen LogP contribution is 2.36. The van der Waals surface area contributed by atoms with Gasteiger partial charge in [-0.1, -0.05) is 43.2 Å². The molecule has 112 valence electrons. The highest BCUT2D eigenvalue weighted by atomic mass is 15.4. The molecular formula is C17H24N4. The first-order valence-corrected chi connectivity index (χ1v) is 7.93. The lowest BCUT2D eigenvalue weighted by Gasteiger charge is -2.32. The van der Waals surface area contributed by atoms with Gasteiger partial charge in [0.05, 0.1) is 23.6 Å². The second kappa shape index (κ2) is 6.39. The highest BCUT2D eigenvalue weighted by Gasteiger charge is 2.29. The Morgan fingerprint density at radius 2 is 1.86 bits per heavy atom. The van der Waals surface area contributed by atoms with Gasteiger partial charge < -0.3 is 5.32 Å². The van der Waals surface area contributed by atoms with Crippen molar-refractivity contribution in [2.75, 3.05) is 7.05 Å². The molecule has 1 heterocycles. The Balaban J connectivity index is 1.87. The Hall–Kier alpha value is -1.68. The summed E-state index contributed by atoms with van der Waals surface area (Å²) in [6, 6.07) is 10.6. The van der Waals surface area contributed by atoms with Gasteiger partial charge in [0.1, 0.15) is 0 Å². The smallest absolute Gasteiger partial charge is 0.0817 e. The Bertz CT molecular complexity index is 555. The molecule has 1 saturated carbocycles. The first-order chi connectivity index (χ1) is 10.3. The first-order valence-electron chi connectivity index (χ1n) is 7.93. The topological polar surface area (TPSA) is 42.7 Å². The van der Waals surface area contributed by atoms with Crippen molar-refractivity contribution in [3.8, 4) is 5.69 Å². The normalized spacial score (nSPS) is 23.9. The van der Waals surface area contributed by atoms with Crippen LogP contribution in [0.4, 0.5) is 0 Å². The molecule has 1 atom stereocenters. The lowest BCUT2D eigenvalue weighted by atomic mass is 9.78. The molecule has 1 aliphatic rings. The van der Waals surface area contributed by atoms with Crippen LogP contribution in [0.1, 0.15) is 44.3 Å². The van der Waals surface area contributed by atoms with Crippen molar-refractivity contribution in [3.05, 3.63) is 42.2 Å². The Labute approximate surface area is 126 Å². The fourth-order valence-electron chi connectivity index (χ4n) is 3.47. The van der Waals surface area contributed by atoms with E-state index in [9.17, 15) is 0 Å². The zero-order chi connectivity index (χ0) is 14.7. The summed E-state index contributed by atoms with van der Waals surface area (Å²) in [5, 5.41) is 11.9. The van der Waals surface area contributed by atoms with E-state index in [0.717, 1.165) is 11.6 Å². The molecule has 2 aromatic rings. The van der Waals surface area contributed by atoms with Gasteiger partial charge in [0.25, 0.3) is 0 Å². The van der Waals surface area contributed by atoms with Crippen molar-refractivity contribution >= 4 is 0 Å². The average Bonchev–Trinajstić information content (AvgIpc) is 3.00. The van der Waals surface area contributed by atoms with Crippen LogP contribution in [0.25, 0.3) is 5.69 Å². The second-order valence-corrected chi connectivity index (χ2v) is 6.19. The molecule has 0 spiro atoms. The summed E-state index contributed by atoms with van der Waals surface area (Å²) in [6.07, 6.45) is 7.14. The quantitative estimate of drug-likeness (QED) is 0.936. The number of nitrogens with zero attached hydrogens (tertiary/aromatic N) is 3. The minimum absolute atomic E-state index is 0.327. The van der Waals surface area contributed by atoms with E-state index in [-0.39, 0.29) is 0 Å². The van der Waals surface area contributed by atoms with E-state index < -0.39 is 0 Å². The van der Waals surface area contributed by atoms with E-state index in [4.69, 9.17) is 0 Å². The molecule has 3 rings (SSSR count). The third kappa shape index (κ3) is 3.00. The summed E-state index contributed by atoms with van der Waals surface area (Å²) in [6.45, 7) is 2.36. The van der Waals surface area contributed by atoms with Crippen LogP contribution >= 0.6 is 0 Å². The van der Waals surface area contributed by atoms with Crippen LogP contribution < -0.4 is 5.32 Å². The summed E-state index contributed by atoms with van der Waals surface area (Å²) in [5.41, 5.74) is 2.25. The maximum absolute atomic E-state index is 4.29. The fraction of sp³-hybridized carbons (Fsp3) is 0.529. The molecule has 0 aliphatic heterocycles. The number of aromatic nitrogens is 3. The molecule has 4 nitrogen and oxygen atoms in total. The van der Waals surface area contributed by atoms with Gasteiger partial charge in [0.15, 0.2) is 0 Å². The van der Waals surface area contributed by atoms with Gasteiger partial charge in [-0.3, -0.25) is 0 Å². The summed E-state index contributed by atoms with van der Waals surface area (Å²) in [7, 11) is 2.05. The number of nitrogens with one attached hydrogen (secondary N) is 1. The molecule has 1 aliphatic carbocycles. The van der Waals surface area contributed by atoms with Gasteiger partial charge in [0.2, 0.25) is 0 Å². The van der Waals surface area contributed by atoms with E-state index in [2.05, 4.69) is 34.7 Å². The zero-order valence-corrected chi connectivity index (χ0v) is 12.9. The van der Waals surface area contributed by atoms with E-state index >= 15 is 0 Å². The monoisotopic (exact) mass is 284 g/mol. The van der Waals surface area contributed by atoms with Gasteiger partial charge in [0, 0.05) is 0 Å². The van der Waals surface area contributed by atoms with Crippen molar-refractivity contribution in [1.82, 2.24) is 20.3 Å². The van der Waals surface area contributed by atoms with Crippen LogP contribution in [0.5, 0.6) is 0 Å². The molecule has 21 heavy (non-hydrogen) atoms. The Kier molecular flexibility index (Phi) is 4.34. The number of benzene rings is 1. The van der Waals surface area contributed by atoms with Crippen molar-refractivity contribution < 1.29 is 0 Å². The maximum atomic E-state index is 4.29. The lowest BCUT2D eigenvalue weighted by Crippen LogP contribution is -2.30. The molecular weight excluding hydrogens is 260 g/mol. The molecule has 0 radical (unpaired) electrons. The molecule has 1 aromatic heterocycles. The van der Waals surface area contributed by atoms with Crippen molar-refractivity contribution in [3.63, 3.8) is 0 Å². The predicted octanol–water partition coefficient (Wildman–Crippen LogP) is 3.35. The van der Waals surface area contributed by atoms with Crippen LogP contribution in [-0.2, 0) is 0 Å². The summed E-state index contributed by atoms with van der Waals surface area (Å²) < 4.78 is 1.97. The largest absolute Gasteiger partial charge is 0.311 e. The second-order valence-electron chi connectivity index (χ2n) is 6.19. The van der Waals surface area contributed by atoms with E-state index in [0.29, 0.717) is 12.0 Å². The molecule has 0 bridgehead atoms. The van der Waals surface area contributed by atoms with E-state index in [1.165, 1.54) is 31.4 Å². The standard InChI is InChI=1S/C17H24N4/c1-13-8-10-14(11-9-13)17(18-2)16-12-19-20-21(16)15-6-4-3-5-7-15/h3-7,12-14,17-18H,8-11H2,1-2H3. The molecule has 0 amide bonds. The molecule has 1 fully saturated rings. The highest BCUT2D eigenvalue weighted by molar-refractivity contribution is 5.32. The van der Waals surface area contributed by atoms with Crippen molar-refractivity contribution in [2.45, 2.75) is 38.6 Å². The SMILES string of the molecule is CNC(c1cnnn1-c1ccccc1)C1CCC(C)CC1. The van der Waals surface area contributed by atoms with Crippen LogP contribution in [0, 0.1) is 11.8 Å². The van der Waals surface area contributed by atoms with E-state index in [1.54, 1.807) is 0 Å². The molecule has 1 aromatic carbocycles. The van der Waals surface area contributed by atoms with Crippen LogP contribution in [0.15, 0.2) is 36.5 Å². The van der Waals surface area contributed by atoms with Gasteiger partial charge in [-0.2, -0.15) is 0 Å². The first kappa shape index (κ1) is 14.3. The minimum atomic E-state index is 0.327. The summed E-state index contributed by atoms with van der Waals surface area (Å²) in [5.74, 6) is 1.54. The molecule has 4 heteroatoms. The minimum Gasteiger partial charge on any atom is -0.311 e. The van der Waals surface area contributed by atoms with Gasteiger partial charge in [-0.25, -0.2) is 4.68 Å². The maximum Gasteiger partial charge on any atom is 0.0817 e. The fourth-order valence-corrected chi connectivity index (χ4v) is 3.47. The molecule has 1 unspecified atom stereocenters. The third-order valence-electron chi connectivity index (χ3n) is 4.74. The summed E-state index contributed by atoms with van der Waals surface area (Å²) in [4.78, 5) is 0. The number of hydrogen-bond donors (Lipinski definition) is 1. The number of hydrogen-bond acceptors (Lipinski definition) is 3. The number of para-hydroxylation sites is 1. The Morgan fingerprint density at radius 3 is 2.52 bits per heavy atom. The van der Waals surface area contributed by atoms with Crippen LogP contribution in [-0.4, -0.2) is 22.0 Å². The van der Waals surface area contributed by atoms with Gasteiger partial charge in [-0.05, 0) is 43.9 Å². The third-order valence-corrected chi connectivity index (χ3v) is 4.74. The van der Waals surface area contributed by atoms with Gasteiger partial charge in [-0.15, -0.1) is 5.10 Å². The predicted molar refractivity (Wildman–Crippen MR) is 84.3 cm³/mol.